The molecule has 1 unspecified atom stereocenters. The van der Waals surface area contributed by atoms with Gasteiger partial charge < -0.3 is 16.0 Å². The van der Waals surface area contributed by atoms with Crippen molar-refractivity contribution in [2.45, 2.75) is 33.2 Å². The van der Waals surface area contributed by atoms with Crippen LogP contribution in [0.15, 0.2) is 53.6 Å². The van der Waals surface area contributed by atoms with Crippen molar-refractivity contribution in [1.29, 1.82) is 0 Å². The SMILES string of the molecule is CCC(Nc1nc(N)nc2nc[nH]c12)c1nc2cccc(C)c2c(=O)n1-c1ccccc1C. The summed E-state index contributed by atoms with van der Waals surface area (Å²) in [5.74, 6) is 1.22. The van der Waals surface area contributed by atoms with Crippen LogP contribution < -0.4 is 16.6 Å². The Morgan fingerprint density at radius 1 is 1.06 bits per heavy atom. The molecule has 0 radical (unpaired) electrons. The Kier molecular flexibility index (Phi) is 5.01. The third kappa shape index (κ3) is 3.47. The molecule has 3 aromatic heterocycles. The number of H-pyrrole nitrogens is 1. The third-order valence-electron chi connectivity index (χ3n) is 5.82. The molecular formula is C24H24N8O. The fourth-order valence-electron chi connectivity index (χ4n) is 4.16. The molecule has 0 aliphatic rings. The van der Waals surface area contributed by atoms with Crippen LogP contribution in [0, 0.1) is 13.8 Å². The molecule has 5 aromatic rings. The number of aryl methyl sites for hydroxylation is 2. The molecule has 1 atom stereocenters. The number of aromatic nitrogens is 6. The van der Waals surface area contributed by atoms with Crippen LogP contribution in [-0.2, 0) is 0 Å². The van der Waals surface area contributed by atoms with Crippen molar-refractivity contribution >= 4 is 33.8 Å². The highest BCUT2D eigenvalue weighted by molar-refractivity contribution is 5.84. The zero-order chi connectivity index (χ0) is 23.1. The maximum Gasteiger partial charge on any atom is 0.266 e. The van der Waals surface area contributed by atoms with E-state index >= 15 is 0 Å². The van der Waals surface area contributed by atoms with Gasteiger partial charge in [-0.1, -0.05) is 37.3 Å². The summed E-state index contributed by atoms with van der Waals surface area (Å²) in [5, 5.41) is 4.04. The van der Waals surface area contributed by atoms with Crippen LogP contribution in [0.3, 0.4) is 0 Å². The summed E-state index contributed by atoms with van der Waals surface area (Å²) in [7, 11) is 0. The lowest BCUT2D eigenvalue weighted by Gasteiger charge is -2.23. The number of aromatic amines is 1. The number of nitrogens with two attached hydrogens (primary N) is 1. The Morgan fingerprint density at radius 3 is 2.64 bits per heavy atom. The quantitative estimate of drug-likeness (QED) is 0.379. The number of para-hydroxylation sites is 1. The van der Waals surface area contributed by atoms with E-state index in [1.165, 1.54) is 0 Å². The van der Waals surface area contributed by atoms with Crippen molar-refractivity contribution in [3.8, 4) is 5.69 Å². The molecule has 0 saturated carbocycles. The summed E-state index contributed by atoms with van der Waals surface area (Å²) >= 11 is 0. The average Bonchev–Trinajstić information content (AvgIpc) is 3.26. The molecule has 0 saturated heterocycles. The Labute approximate surface area is 189 Å². The number of imidazole rings is 1. The first-order valence-corrected chi connectivity index (χ1v) is 10.8. The molecule has 0 spiro atoms. The maximum absolute atomic E-state index is 13.9. The number of hydrogen-bond acceptors (Lipinski definition) is 7. The highest BCUT2D eigenvalue weighted by Gasteiger charge is 2.23. The zero-order valence-corrected chi connectivity index (χ0v) is 18.6. The van der Waals surface area contributed by atoms with Crippen molar-refractivity contribution in [2.75, 3.05) is 11.1 Å². The van der Waals surface area contributed by atoms with Gasteiger partial charge in [-0.3, -0.25) is 9.36 Å². The number of rotatable bonds is 5. The fraction of sp³-hybridized carbons (Fsp3) is 0.208. The fourth-order valence-corrected chi connectivity index (χ4v) is 4.16. The van der Waals surface area contributed by atoms with E-state index in [9.17, 15) is 4.79 Å². The summed E-state index contributed by atoms with van der Waals surface area (Å²) in [6.45, 7) is 5.95. The Bertz CT molecular complexity index is 1550. The number of benzene rings is 2. The van der Waals surface area contributed by atoms with E-state index in [1.807, 2.05) is 63.2 Å². The van der Waals surface area contributed by atoms with E-state index in [2.05, 4.69) is 25.3 Å². The molecule has 3 heterocycles. The monoisotopic (exact) mass is 440 g/mol. The van der Waals surface area contributed by atoms with E-state index in [-0.39, 0.29) is 17.5 Å². The molecule has 0 bridgehead atoms. The Balaban J connectivity index is 1.77. The molecule has 0 aliphatic carbocycles. The van der Waals surface area contributed by atoms with Crippen LogP contribution in [0.4, 0.5) is 11.8 Å². The number of hydrogen-bond donors (Lipinski definition) is 3. The third-order valence-corrected chi connectivity index (χ3v) is 5.82. The van der Waals surface area contributed by atoms with E-state index in [0.717, 1.165) is 16.8 Å². The van der Waals surface area contributed by atoms with Crippen LogP contribution in [0.2, 0.25) is 0 Å². The molecule has 0 fully saturated rings. The van der Waals surface area contributed by atoms with Gasteiger partial charge in [0.1, 0.15) is 11.3 Å². The normalized spacial score (nSPS) is 12.3. The maximum atomic E-state index is 13.9. The van der Waals surface area contributed by atoms with Gasteiger partial charge in [0.25, 0.3) is 5.56 Å². The van der Waals surface area contributed by atoms with Gasteiger partial charge in [-0.05, 0) is 43.5 Å². The molecule has 33 heavy (non-hydrogen) atoms. The largest absolute Gasteiger partial charge is 0.368 e. The molecular weight excluding hydrogens is 416 g/mol. The lowest BCUT2D eigenvalue weighted by atomic mass is 10.1. The predicted molar refractivity (Wildman–Crippen MR) is 130 cm³/mol. The second kappa shape index (κ2) is 8.01. The molecule has 0 aliphatic heterocycles. The van der Waals surface area contributed by atoms with Crippen molar-refractivity contribution < 1.29 is 0 Å². The first kappa shape index (κ1) is 20.6. The zero-order valence-electron chi connectivity index (χ0n) is 18.6. The average molecular weight is 441 g/mol. The molecule has 166 valence electrons. The van der Waals surface area contributed by atoms with Gasteiger partial charge in [-0.25, -0.2) is 9.97 Å². The predicted octanol–water partition coefficient (Wildman–Crippen LogP) is 3.81. The van der Waals surface area contributed by atoms with E-state index < -0.39 is 0 Å². The number of nitrogens with zero attached hydrogens (tertiary/aromatic N) is 5. The summed E-state index contributed by atoms with van der Waals surface area (Å²) in [6.07, 6.45) is 2.19. The second-order valence-electron chi connectivity index (χ2n) is 8.00. The molecule has 2 aromatic carbocycles. The Hall–Kier alpha value is -4.27. The minimum atomic E-state index is -0.331. The minimum Gasteiger partial charge on any atom is -0.368 e. The lowest BCUT2D eigenvalue weighted by Crippen LogP contribution is -2.29. The van der Waals surface area contributed by atoms with Gasteiger partial charge >= 0.3 is 0 Å². The first-order valence-electron chi connectivity index (χ1n) is 10.8. The topological polar surface area (TPSA) is 127 Å². The van der Waals surface area contributed by atoms with Gasteiger partial charge in [0, 0.05) is 0 Å². The molecule has 0 amide bonds. The second-order valence-corrected chi connectivity index (χ2v) is 8.00. The first-order chi connectivity index (χ1) is 16.0. The minimum absolute atomic E-state index is 0.100. The van der Waals surface area contributed by atoms with Crippen LogP contribution in [0.5, 0.6) is 0 Å². The highest BCUT2D eigenvalue weighted by atomic mass is 16.1. The summed E-state index contributed by atoms with van der Waals surface area (Å²) < 4.78 is 1.71. The van der Waals surface area contributed by atoms with Crippen molar-refractivity contribution in [3.05, 3.63) is 76.1 Å². The smallest absolute Gasteiger partial charge is 0.266 e. The number of nitrogens with one attached hydrogen (secondary N) is 2. The highest BCUT2D eigenvalue weighted by Crippen LogP contribution is 2.28. The summed E-state index contributed by atoms with van der Waals surface area (Å²) in [5.41, 5.74) is 10.2. The van der Waals surface area contributed by atoms with E-state index in [4.69, 9.17) is 10.7 Å². The molecule has 9 heteroatoms. The van der Waals surface area contributed by atoms with E-state index in [1.54, 1.807) is 10.9 Å². The number of anilines is 2. The van der Waals surface area contributed by atoms with Gasteiger partial charge in [0.2, 0.25) is 5.95 Å². The van der Waals surface area contributed by atoms with Crippen LogP contribution in [0.1, 0.15) is 36.3 Å². The number of nitrogen functional groups attached to an aromatic ring is 1. The van der Waals surface area contributed by atoms with Crippen LogP contribution in [0.25, 0.3) is 27.8 Å². The van der Waals surface area contributed by atoms with Crippen molar-refractivity contribution in [3.63, 3.8) is 0 Å². The standard InChI is InChI=1S/C24H24N8O/c1-4-15(28-21-19-20(27-12-26-19)30-24(25)31-21)22-29-16-10-7-9-14(3)18(16)23(33)32(22)17-11-6-5-8-13(17)2/h5-12,15H,4H2,1-3H3,(H4,25,26,27,28,30,31). The summed E-state index contributed by atoms with van der Waals surface area (Å²) in [6, 6.07) is 13.2. The summed E-state index contributed by atoms with van der Waals surface area (Å²) in [4.78, 5) is 34.6. The number of fused-ring (bicyclic) bond motifs is 2. The van der Waals surface area contributed by atoms with Gasteiger partial charge in [-0.15, -0.1) is 0 Å². The van der Waals surface area contributed by atoms with Gasteiger partial charge in [-0.2, -0.15) is 9.97 Å². The van der Waals surface area contributed by atoms with E-state index in [0.29, 0.717) is 40.1 Å². The van der Waals surface area contributed by atoms with Gasteiger partial charge in [0.05, 0.1) is 29.0 Å². The molecule has 9 nitrogen and oxygen atoms in total. The Morgan fingerprint density at radius 2 is 1.85 bits per heavy atom. The van der Waals surface area contributed by atoms with Crippen molar-refractivity contribution in [1.82, 2.24) is 29.5 Å². The van der Waals surface area contributed by atoms with Crippen molar-refractivity contribution in [2.24, 2.45) is 0 Å². The lowest BCUT2D eigenvalue weighted by molar-refractivity contribution is 0.658. The molecule has 5 rings (SSSR count). The van der Waals surface area contributed by atoms with Gasteiger partial charge in [0.15, 0.2) is 11.5 Å². The van der Waals surface area contributed by atoms with Crippen LogP contribution in [-0.4, -0.2) is 29.5 Å². The molecule has 4 N–H and O–H groups in total. The van der Waals surface area contributed by atoms with Crippen LogP contribution >= 0.6 is 0 Å².